The maximum atomic E-state index is 5.56. The van der Waals surface area contributed by atoms with Crippen molar-refractivity contribution in [3.05, 3.63) is 57.5 Å². The molecule has 3 aromatic rings. The monoisotopic (exact) mass is 315 g/mol. The highest BCUT2D eigenvalue weighted by Crippen LogP contribution is 2.32. The molecule has 3 heterocycles. The van der Waals surface area contributed by atoms with Crippen molar-refractivity contribution in [3.8, 4) is 10.4 Å². The van der Waals surface area contributed by atoms with Crippen LogP contribution in [-0.2, 0) is 13.0 Å². The number of furan rings is 1. The Hall–Kier alpha value is -1.36. The summed E-state index contributed by atoms with van der Waals surface area (Å²) in [7, 11) is 0. The molecule has 1 unspecified atom stereocenters. The minimum absolute atomic E-state index is 0.444. The maximum absolute atomic E-state index is 5.56. The molecule has 1 aliphatic carbocycles. The van der Waals surface area contributed by atoms with Crippen molar-refractivity contribution >= 4 is 22.7 Å². The van der Waals surface area contributed by atoms with Gasteiger partial charge in [-0.1, -0.05) is 6.07 Å². The minimum Gasteiger partial charge on any atom is -0.469 e. The molecule has 0 spiro atoms. The summed E-state index contributed by atoms with van der Waals surface area (Å²) in [5, 5.41) is 8.08. The maximum Gasteiger partial charge on any atom is 0.108 e. The van der Waals surface area contributed by atoms with Gasteiger partial charge in [0.15, 0.2) is 0 Å². The molecule has 0 fully saturated rings. The van der Waals surface area contributed by atoms with Crippen molar-refractivity contribution in [1.82, 2.24) is 5.32 Å². The van der Waals surface area contributed by atoms with Crippen molar-refractivity contribution in [1.29, 1.82) is 0 Å². The van der Waals surface area contributed by atoms with Gasteiger partial charge in [0.2, 0.25) is 0 Å². The van der Waals surface area contributed by atoms with E-state index in [0.717, 1.165) is 13.0 Å². The van der Waals surface area contributed by atoms with Gasteiger partial charge < -0.3 is 9.73 Å². The Labute approximate surface area is 132 Å². The second kappa shape index (κ2) is 5.79. The molecule has 0 bridgehead atoms. The van der Waals surface area contributed by atoms with Gasteiger partial charge in [-0.25, -0.2) is 0 Å². The normalized spacial score (nSPS) is 17.8. The number of nitrogens with one attached hydrogen (secondary N) is 1. The molecule has 0 saturated heterocycles. The van der Waals surface area contributed by atoms with Gasteiger partial charge in [-0.05, 0) is 41.8 Å². The van der Waals surface area contributed by atoms with Crippen molar-refractivity contribution < 1.29 is 4.42 Å². The van der Waals surface area contributed by atoms with Gasteiger partial charge in [0.05, 0.1) is 6.26 Å². The predicted molar refractivity (Wildman–Crippen MR) is 88.9 cm³/mol. The van der Waals surface area contributed by atoms with Crippen LogP contribution in [-0.4, -0.2) is 0 Å². The molecule has 108 valence electrons. The van der Waals surface area contributed by atoms with E-state index in [1.54, 1.807) is 11.3 Å². The summed E-state index contributed by atoms with van der Waals surface area (Å²) in [5.41, 5.74) is 2.70. The van der Waals surface area contributed by atoms with Gasteiger partial charge in [0.1, 0.15) is 5.76 Å². The summed E-state index contributed by atoms with van der Waals surface area (Å²) in [6, 6.07) is 9.17. The van der Waals surface area contributed by atoms with Crippen LogP contribution in [0.15, 0.2) is 45.7 Å². The molecule has 4 heteroatoms. The second-order valence-corrected chi connectivity index (χ2v) is 7.35. The first-order valence-corrected chi connectivity index (χ1v) is 9.07. The summed E-state index contributed by atoms with van der Waals surface area (Å²) in [5.74, 6) is 1.17. The number of rotatable bonds is 4. The molecule has 4 rings (SSSR count). The molecule has 0 radical (unpaired) electrons. The third-order valence-corrected chi connectivity index (χ3v) is 5.89. The fraction of sp³-hybridized carbons (Fsp3) is 0.294. The Balaban J connectivity index is 1.44. The quantitative estimate of drug-likeness (QED) is 0.712. The highest BCUT2D eigenvalue weighted by Gasteiger charge is 2.22. The number of hydrogen-bond acceptors (Lipinski definition) is 4. The molecule has 1 aliphatic rings. The van der Waals surface area contributed by atoms with E-state index in [1.807, 2.05) is 17.6 Å². The number of hydrogen-bond donors (Lipinski definition) is 1. The molecule has 2 nitrogen and oxygen atoms in total. The predicted octanol–water partition coefficient (Wildman–Crippen LogP) is 5.24. The molecule has 0 amide bonds. The summed E-state index contributed by atoms with van der Waals surface area (Å²) in [4.78, 5) is 2.75. The Kier molecular flexibility index (Phi) is 3.67. The average molecular weight is 315 g/mol. The Morgan fingerprint density at radius 3 is 3.19 bits per heavy atom. The van der Waals surface area contributed by atoms with Crippen LogP contribution in [0.5, 0.6) is 0 Å². The highest BCUT2D eigenvalue weighted by atomic mass is 32.1. The molecule has 3 aromatic heterocycles. The minimum atomic E-state index is 0.444. The molecule has 1 N–H and O–H groups in total. The summed E-state index contributed by atoms with van der Waals surface area (Å²) in [6.45, 7) is 0.936. The fourth-order valence-electron chi connectivity index (χ4n) is 2.97. The summed E-state index contributed by atoms with van der Waals surface area (Å²) < 4.78 is 5.56. The first kappa shape index (κ1) is 13.3. The van der Waals surface area contributed by atoms with Crippen molar-refractivity contribution in [2.45, 2.75) is 31.8 Å². The first-order valence-electron chi connectivity index (χ1n) is 7.31. The molecule has 0 aromatic carbocycles. The van der Waals surface area contributed by atoms with Gasteiger partial charge in [-0.15, -0.1) is 22.7 Å². The van der Waals surface area contributed by atoms with E-state index in [2.05, 4.69) is 40.3 Å². The lowest BCUT2D eigenvalue weighted by atomic mass is 9.93. The van der Waals surface area contributed by atoms with E-state index >= 15 is 0 Å². The number of fused-ring (bicyclic) bond motifs is 1. The molecule has 0 saturated carbocycles. The van der Waals surface area contributed by atoms with Gasteiger partial charge in [-0.2, -0.15) is 0 Å². The van der Waals surface area contributed by atoms with Gasteiger partial charge >= 0.3 is 0 Å². The largest absolute Gasteiger partial charge is 0.469 e. The van der Waals surface area contributed by atoms with Crippen molar-refractivity contribution in [2.75, 3.05) is 0 Å². The standard InChI is InChI=1S/C17H17NOS2/c1-3-15(14-6-7-19-16(14)4-1)18-10-13-9-12(11-21-13)17-5-2-8-20-17/h2,5-9,11,15,18H,1,3-4,10H2. The van der Waals surface area contributed by atoms with E-state index in [1.165, 1.54) is 39.5 Å². The van der Waals surface area contributed by atoms with Gasteiger partial charge in [0, 0.05) is 39.9 Å². The first-order chi connectivity index (χ1) is 10.4. The SMILES string of the molecule is c1csc(-c2csc(CNC3CCCc4occc43)c2)c1. The number of aryl methyl sites for hydroxylation is 1. The molecule has 0 aliphatic heterocycles. The summed E-state index contributed by atoms with van der Waals surface area (Å²) >= 11 is 3.64. The average Bonchev–Trinajstić information content (AvgIpc) is 3.23. The molecule has 21 heavy (non-hydrogen) atoms. The van der Waals surface area contributed by atoms with Crippen LogP contribution in [0.1, 0.15) is 35.1 Å². The number of thiophene rings is 2. The van der Waals surface area contributed by atoms with E-state index < -0.39 is 0 Å². The zero-order valence-electron chi connectivity index (χ0n) is 11.7. The molecular formula is C17H17NOS2. The second-order valence-electron chi connectivity index (χ2n) is 5.40. The van der Waals surface area contributed by atoms with Gasteiger partial charge in [0.25, 0.3) is 0 Å². The lowest BCUT2D eigenvalue weighted by Gasteiger charge is -2.22. The van der Waals surface area contributed by atoms with Crippen molar-refractivity contribution in [3.63, 3.8) is 0 Å². The van der Waals surface area contributed by atoms with Crippen LogP contribution >= 0.6 is 22.7 Å². The fourth-order valence-corrected chi connectivity index (χ4v) is 4.59. The van der Waals surface area contributed by atoms with E-state index in [0.29, 0.717) is 6.04 Å². The topological polar surface area (TPSA) is 25.2 Å². The third kappa shape index (κ3) is 2.71. The zero-order valence-corrected chi connectivity index (χ0v) is 13.3. The zero-order chi connectivity index (χ0) is 14.1. The van der Waals surface area contributed by atoms with Crippen LogP contribution < -0.4 is 5.32 Å². The Morgan fingerprint density at radius 1 is 1.29 bits per heavy atom. The molecule has 1 atom stereocenters. The van der Waals surface area contributed by atoms with E-state index in [-0.39, 0.29) is 0 Å². The van der Waals surface area contributed by atoms with Crippen LogP contribution in [0.4, 0.5) is 0 Å². The van der Waals surface area contributed by atoms with E-state index in [4.69, 9.17) is 4.42 Å². The van der Waals surface area contributed by atoms with Crippen LogP contribution in [0.25, 0.3) is 10.4 Å². The van der Waals surface area contributed by atoms with E-state index in [9.17, 15) is 0 Å². The Bertz CT molecular complexity index is 711. The Morgan fingerprint density at radius 2 is 2.29 bits per heavy atom. The summed E-state index contributed by atoms with van der Waals surface area (Å²) in [6.07, 6.45) is 5.32. The van der Waals surface area contributed by atoms with Crippen LogP contribution in [0.3, 0.4) is 0 Å². The smallest absolute Gasteiger partial charge is 0.108 e. The highest BCUT2D eigenvalue weighted by molar-refractivity contribution is 7.14. The van der Waals surface area contributed by atoms with Crippen LogP contribution in [0, 0.1) is 0 Å². The lowest BCUT2D eigenvalue weighted by molar-refractivity contribution is 0.412. The molecular weight excluding hydrogens is 298 g/mol. The van der Waals surface area contributed by atoms with Gasteiger partial charge in [-0.3, -0.25) is 0 Å². The van der Waals surface area contributed by atoms with Crippen molar-refractivity contribution in [2.24, 2.45) is 0 Å². The lowest BCUT2D eigenvalue weighted by Crippen LogP contribution is -2.23. The van der Waals surface area contributed by atoms with Crippen LogP contribution in [0.2, 0.25) is 0 Å². The third-order valence-electron chi connectivity index (χ3n) is 4.03.